The third-order valence-electron chi connectivity index (χ3n) is 12.2. The molecule has 3 saturated heterocycles. The number of hydrogen-bond donors (Lipinski definition) is 1. The van der Waals surface area contributed by atoms with Crippen LogP contribution in [0.3, 0.4) is 0 Å². The first-order chi connectivity index (χ1) is 26.2. The maximum absolute atomic E-state index is 15.4. The number of methoxy groups -OCH3 is 1. The average molecular weight is 744 g/mol. The van der Waals surface area contributed by atoms with E-state index in [9.17, 15) is 19.5 Å². The third kappa shape index (κ3) is 5.03. The highest BCUT2D eigenvalue weighted by molar-refractivity contribution is 6.32. The molecule has 11 heteroatoms. The van der Waals surface area contributed by atoms with E-state index >= 15 is 4.79 Å². The van der Waals surface area contributed by atoms with E-state index < -0.39 is 46.8 Å². The summed E-state index contributed by atoms with van der Waals surface area (Å²) in [5, 5.41) is 11.1. The number of halogens is 1. The molecule has 2 aliphatic carbocycles. The minimum absolute atomic E-state index is 0.0714. The van der Waals surface area contributed by atoms with Gasteiger partial charge in [-0.2, -0.15) is 0 Å². The number of aromatic hydroxyl groups is 1. The zero-order valence-electron chi connectivity index (χ0n) is 29.6. The van der Waals surface area contributed by atoms with Crippen molar-refractivity contribution in [2.24, 2.45) is 23.7 Å². The Morgan fingerprint density at radius 2 is 1.52 bits per heavy atom. The number of nitrogens with zero attached hydrogens (tertiary/aromatic N) is 3. The van der Waals surface area contributed by atoms with Crippen LogP contribution in [0.1, 0.15) is 29.9 Å². The van der Waals surface area contributed by atoms with E-state index in [1.54, 1.807) is 36.4 Å². The van der Waals surface area contributed by atoms with Crippen molar-refractivity contribution in [2.75, 3.05) is 48.1 Å². The van der Waals surface area contributed by atoms with Gasteiger partial charge in [-0.3, -0.25) is 24.1 Å². The number of imide groups is 2. The second-order valence-electron chi connectivity index (χ2n) is 14.7. The van der Waals surface area contributed by atoms with Crippen molar-refractivity contribution < 1.29 is 33.8 Å². The van der Waals surface area contributed by atoms with Gasteiger partial charge < -0.3 is 19.5 Å². The van der Waals surface area contributed by atoms with Gasteiger partial charge in [0.2, 0.25) is 23.6 Å². The lowest BCUT2D eigenvalue weighted by Crippen LogP contribution is -2.53. The third-order valence-corrected chi connectivity index (χ3v) is 12.4. The lowest BCUT2D eigenvalue weighted by Gasteiger charge is -2.50. The molecule has 0 bridgehead atoms. The normalized spacial score (nSPS) is 27.8. The molecular formula is C43H38ClN3O7. The van der Waals surface area contributed by atoms with E-state index in [4.69, 9.17) is 21.1 Å². The first kappa shape index (κ1) is 34.3. The Hall–Kier alpha value is -5.45. The minimum Gasteiger partial charge on any atom is -0.504 e. The molecule has 3 aliphatic heterocycles. The molecule has 6 atom stereocenters. The fourth-order valence-electron chi connectivity index (χ4n) is 9.88. The van der Waals surface area contributed by atoms with Crippen LogP contribution in [0.15, 0.2) is 109 Å². The summed E-state index contributed by atoms with van der Waals surface area (Å²) < 4.78 is 11.1. The Labute approximate surface area is 317 Å². The van der Waals surface area contributed by atoms with Crippen LogP contribution in [0.5, 0.6) is 11.5 Å². The quantitative estimate of drug-likeness (QED) is 0.182. The Balaban J connectivity index is 1.19. The molecule has 54 heavy (non-hydrogen) atoms. The van der Waals surface area contributed by atoms with Crippen LogP contribution in [0, 0.1) is 23.7 Å². The number of anilines is 3. The number of fused-ring (bicyclic) bond motifs is 4. The molecule has 1 saturated carbocycles. The van der Waals surface area contributed by atoms with Crippen LogP contribution in [0.25, 0.3) is 0 Å². The molecule has 5 aliphatic rings. The number of phenols is 1. The van der Waals surface area contributed by atoms with Crippen LogP contribution in [-0.2, 0) is 29.3 Å². The van der Waals surface area contributed by atoms with Crippen molar-refractivity contribution in [3.05, 3.63) is 125 Å². The van der Waals surface area contributed by atoms with Crippen molar-refractivity contribution in [3.63, 3.8) is 0 Å². The number of hydrogen-bond acceptors (Lipinski definition) is 8. The molecule has 6 unspecified atom stereocenters. The summed E-state index contributed by atoms with van der Waals surface area (Å²) in [5.41, 5.74) is 2.56. The van der Waals surface area contributed by atoms with Gasteiger partial charge in [-0.15, -0.1) is 0 Å². The number of carbonyl (C=O) groups is 4. The van der Waals surface area contributed by atoms with Gasteiger partial charge >= 0.3 is 0 Å². The SMILES string of the molecule is COc1cc(C2C3=CCC4C(=O)N(c5ccc(N6CCOCC6)cc5)C(=O)C4C3CC3C(=O)N(c4cccc(Cl)c4)C(=O)C32c2ccccc2)ccc1O. The molecule has 0 radical (unpaired) electrons. The minimum atomic E-state index is -1.43. The molecule has 0 spiro atoms. The number of allylic oxidation sites excluding steroid dienone is 2. The van der Waals surface area contributed by atoms with Gasteiger partial charge in [0.1, 0.15) is 0 Å². The second-order valence-corrected chi connectivity index (χ2v) is 15.1. The topological polar surface area (TPSA) is 117 Å². The number of amides is 4. The molecule has 4 fully saturated rings. The van der Waals surface area contributed by atoms with E-state index in [-0.39, 0.29) is 29.7 Å². The zero-order valence-corrected chi connectivity index (χ0v) is 30.3. The summed E-state index contributed by atoms with van der Waals surface area (Å²) in [6.45, 7) is 2.80. The van der Waals surface area contributed by atoms with Crippen LogP contribution >= 0.6 is 11.6 Å². The van der Waals surface area contributed by atoms with Crippen molar-refractivity contribution in [3.8, 4) is 11.5 Å². The second kappa shape index (κ2) is 13.1. The molecule has 4 aromatic rings. The Bertz CT molecular complexity index is 2220. The molecule has 3 heterocycles. The van der Waals surface area contributed by atoms with E-state index in [1.165, 1.54) is 23.0 Å². The number of carbonyl (C=O) groups excluding carboxylic acids is 4. The van der Waals surface area contributed by atoms with Crippen LogP contribution < -0.4 is 19.4 Å². The van der Waals surface area contributed by atoms with Crippen molar-refractivity contribution in [2.45, 2.75) is 24.2 Å². The number of phenolic OH excluding ortho intramolecular Hbond substituents is 1. The summed E-state index contributed by atoms with van der Waals surface area (Å²) in [4.78, 5) is 64.1. The maximum atomic E-state index is 15.4. The zero-order chi connectivity index (χ0) is 37.3. The standard InChI is InChI=1S/C43H38ClN3O7/c1-53-36-22-25(10-17-35(36)48)38-31-15-16-32-37(41(51)46(39(32)49)29-13-11-28(12-14-29)45-18-20-54-21-19-45)33(31)24-34-40(50)47(30-9-5-8-27(44)23-30)42(52)43(34,38)26-6-3-2-4-7-26/h2-15,17,22-23,32-34,37-38,48H,16,18-21,24H2,1H3. The van der Waals surface area contributed by atoms with E-state index in [2.05, 4.69) is 4.90 Å². The monoisotopic (exact) mass is 743 g/mol. The van der Waals surface area contributed by atoms with Crippen molar-refractivity contribution >= 4 is 52.3 Å². The summed E-state index contributed by atoms with van der Waals surface area (Å²) in [6, 6.07) is 28.5. The molecule has 10 nitrogen and oxygen atoms in total. The molecular weight excluding hydrogens is 706 g/mol. The number of morpholine rings is 1. The van der Waals surface area contributed by atoms with Crippen LogP contribution in [0.2, 0.25) is 5.02 Å². The molecule has 1 N–H and O–H groups in total. The highest BCUT2D eigenvalue weighted by Gasteiger charge is 2.70. The summed E-state index contributed by atoms with van der Waals surface area (Å²) in [6.07, 6.45) is 2.50. The largest absolute Gasteiger partial charge is 0.504 e. The van der Waals surface area contributed by atoms with Crippen LogP contribution in [-0.4, -0.2) is 62.1 Å². The molecule has 9 rings (SSSR count). The highest BCUT2D eigenvalue weighted by Crippen LogP contribution is 2.65. The molecule has 274 valence electrons. The molecule has 0 aromatic heterocycles. The van der Waals surface area contributed by atoms with Gasteiger partial charge in [0.15, 0.2) is 11.5 Å². The van der Waals surface area contributed by atoms with Gasteiger partial charge in [0.05, 0.1) is 54.9 Å². The summed E-state index contributed by atoms with van der Waals surface area (Å²) in [5.74, 6) is -4.77. The van der Waals surface area contributed by atoms with Gasteiger partial charge in [-0.05, 0) is 84.5 Å². The summed E-state index contributed by atoms with van der Waals surface area (Å²) >= 11 is 6.42. The van der Waals surface area contributed by atoms with E-state index in [0.29, 0.717) is 47.2 Å². The highest BCUT2D eigenvalue weighted by atomic mass is 35.5. The lowest BCUT2D eigenvalue weighted by atomic mass is 9.49. The van der Waals surface area contributed by atoms with Crippen LogP contribution in [0.4, 0.5) is 17.1 Å². The fraction of sp³-hybridized carbons (Fsp3) is 0.302. The fourth-order valence-corrected chi connectivity index (χ4v) is 10.1. The maximum Gasteiger partial charge on any atom is 0.246 e. The van der Waals surface area contributed by atoms with E-state index in [0.717, 1.165) is 24.4 Å². The molecule has 4 amide bonds. The summed E-state index contributed by atoms with van der Waals surface area (Å²) in [7, 11) is 1.46. The number of ether oxygens (including phenoxy) is 2. The Morgan fingerprint density at radius 1 is 0.778 bits per heavy atom. The average Bonchev–Trinajstić information content (AvgIpc) is 3.59. The lowest BCUT2D eigenvalue weighted by molar-refractivity contribution is -0.127. The first-order valence-electron chi connectivity index (χ1n) is 18.3. The van der Waals surface area contributed by atoms with Gasteiger partial charge in [0, 0.05) is 29.7 Å². The van der Waals surface area contributed by atoms with Crippen molar-refractivity contribution in [1.29, 1.82) is 0 Å². The molecule has 4 aromatic carbocycles. The number of benzene rings is 4. The van der Waals surface area contributed by atoms with Gasteiger partial charge in [0.25, 0.3) is 0 Å². The van der Waals surface area contributed by atoms with Gasteiger partial charge in [-0.25, -0.2) is 4.90 Å². The Kier molecular flexibility index (Phi) is 8.35. The predicted molar refractivity (Wildman–Crippen MR) is 203 cm³/mol. The smallest absolute Gasteiger partial charge is 0.246 e. The van der Waals surface area contributed by atoms with Crippen molar-refractivity contribution in [1.82, 2.24) is 0 Å². The van der Waals surface area contributed by atoms with E-state index in [1.807, 2.05) is 60.7 Å². The Morgan fingerprint density at radius 3 is 2.24 bits per heavy atom. The van der Waals surface area contributed by atoms with Gasteiger partial charge in [-0.1, -0.05) is 65.7 Å². The predicted octanol–water partition coefficient (Wildman–Crippen LogP) is 6.26. The number of rotatable bonds is 6. The first-order valence-corrected chi connectivity index (χ1v) is 18.7.